The van der Waals surface area contributed by atoms with Gasteiger partial charge in [-0.25, -0.2) is 0 Å². The maximum absolute atomic E-state index is 5.66. The maximum Gasteiger partial charge on any atom is 0.119 e. The van der Waals surface area contributed by atoms with Crippen molar-refractivity contribution >= 4 is 0 Å². The first-order valence-corrected chi connectivity index (χ1v) is 8.02. The number of ether oxygens (including phenoxy) is 1. The molecule has 1 aromatic rings. The van der Waals surface area contributed by atoms with Crippen LogP contribution in [-0.4, -0.2) is 26.2 Å². The van der Waals surface area contributed by atoms with Gasteiger partial charge in [0.1, 0.15) is 5.75 Å². The van der Waals surface area contributed by atoms with E-state index in [1.165, 1.54) is 38.5 Å². The van der Waals surface area contributed by atoms with Crippen molar-refractivity contribution in [3.05, 3.63) is 30.3 Å². The van der Waals surface area contributed by atoms with E-state index in [0.29, 0.717) is 0 Å². The Labute approximate surface area is 123 Å². The highest BCUT2D eigenvalue weighted by molar-refractivity contribution is 5.20. The summed E-state index contributed by atoms with van der Waals surface area (Å²) in [5.41, 5.74) is 5.46. The van der Waals surface area contributed by atoms with E-state index in [-0.39, 0.29) is 0 Å². The van der Waals surface area contributed by atoms with Crippen LogP contribution in [0.2, 0.25) is 0 Å². The van der Waals surface area contributed by atoms with Gasteiger partial charge in [0.05, 0.1) is 6.61 Å². The van der Waals surface area contributed by atoms with E-state index in [2.05, 4.69) is 5.32 Å². The Morgan fingerprint density at radius 3 is 2.15 bits per heavy atom. The molecule has 0 saturated carbocycles. The molecular formula is C17H30N2O. The Morgan fingerprint density at radius 1 is 0.800 bits per heavy atom. The van der Waals surface area contributed by atoms with E-state index in [1.54, 1.807) is 0 Å². The minimum absolute atomic E-state index is 0.823. The highest BCUT2D eigenvalue weighted by Gasteiger charge is 1.93. The van der Waals surface area contributed by atoms with E-state index < -0.39 is 0 Å². The summed E-state index contributed by atoms with van der Waals surface area (Å²) in [6.45, 7) is 3.93. The Kier molecular flexibility index (Phi) is 11.0. The molecule has 0 spiro atoms. The maximum atomic E-state index is 5.66. The number of hydrogen-bond donors (Lipinski definition) is 2. The molecule has 3 N–H and O–H groups in total. The molecule has 0 unspecified atom stereocenters. The van der Waals surface area contributed by atoms with Crippen molar-refractivity contribution in [1.29, 1.82) is 0 Å². The quantitative estimate of drug-likeness (QED) is 0.544. The van der Waals surface area contributed by atoms with E-state index >= 15 is 0 Å². The van der Waals surface area contributed by atoms with Gasteiger partial charge in [0, 0.05) is 0 Å². The van der Waals surface area contributed by atoms with Crippen molar-refractivity contribution in [1.82, 2.24) is 5.32 Å². The summed E-state index contributed by atoms with van der Waals surface area (Å²) >= 11 is 0. The van der Waals surface area contributed by atoms with Gasteiger partial charge >= 0.3 is 0 Å². The SMILES string of the molecule is NCCCCCCNCCCCCOc1ccccc1. The summed E-state index contributed by atoms with van der Waals surface area (Å²) in [6.07, 6.45) is 8.61. The second-order valence-corrected chi connectivity index (χ2v) is 5.18. The van der Waals surface area contributed by atoms with Crippen LogP contribution in [0.3, 0.4) is 0 Å². The van der Waals surface area contributed by atoms with Crippen molar-refractivity contribution in [2.45, 2.75) is 44.9 Å². The normalized spacial score (nSPS) is 10.7. The molecule has 0 atom stereocenters. The van der Waals surface area contributed by atoms with Crippen LogP contribution in [0.4, 0.5) is 0 Å². The molecule has 114 valence electrons. The molecule has 0 radical (unpaired) electrons. The van der Waals surface area contributed by atoms with Gasteiger partial charge in [-0.15, -0.1) is 0 Å². The predicted octanol–water partition coefficient (Wildman–Crippen LogP) is 3.34. The zero-order valence-corrected chi connectivity index (χ0v) is 12.7. The second-order valence-electron chi connectivity index (χ2n) is 5.18. The average Bonchev–Trinajstić information content (AvgIpc) is 2.49. The fraction of sp³-hybridized carbons (Fsp3) is 0.647. The fourth-order valence-corrected chi connectivity index (χ4v) is 2.11. The third-order valence-corrected chi connectivity index (χ3v) is 3.32. The lowest BCUT2D eigenvalue weighted by atomic mass is 10.2. The molecule has 0 fully saturated rings. The molecule has 0 aromatic heterocycles. The third-order valence-electron chi connectivity index (χ3n) is 3.32. The van der Waals surface area contributed by atoms with Crippen LogP contribution in [0, 0.1) is 0 Å². The number of benzene rings is 1. The summed E-state index contributed by atoms with van der Waals surface area (Å²) in [4.78, 5) is 0. The zero-order chi connectivity index (χ0) is 14.3. The van der Waals surface area contributed by atoms with Gasteiger partial charge in [-0.05, 0) is 63.9 Å². The lowest BCUT2D eigenvalue weighted by Crippen LogP contribution is -2.16. The van der Waals surface area contributed by atoms with Gasteiger partial charge in [0.15, 0.2) is 0 Å². The lowest BCUT2D eigenvalue weighted by molar-refractivity contribution is 0.305. The Bertz CT molecular complexity index is 303. The van der Waals surface area contributed by atoms with Crippen molar-refractivity contribution in [2.24, 2.45) is 5.73 Å². The largest absolute Gasteiger partial charge is 0.494 e. The number of hydrogen-bond acceptors (Lipinski definition) is 3. The molecule has 20 heavy (non-hydrogen) atoms. The summed E-state index contributed by atoms with van der Waals surface area (Å²) in [5, 5.41) is 3.50. The van der Waals surface area contributed by atoms with E-state index in [4.69, 9.17) is 10.5 Å². The summed E-state index contributed by atoms with van der Waals surface area (Å²) in [5.74, 6) is 0.975. The van der Waals surface area contributed by atoms with Gasteiger partial charge in [-0.3, -0.25) is 0 Å². The topological polar surface area (TPSA) is 47.3 Å². The standard InChI is InChI=1S/C17H30N2O/c18-13-7-1-2-8-14-19-15-9-4-10-16-20-17-11-5-3-6-12-17/h3,5-6,11-12,19H,1-2,4,7-10,13-16,18H2. The minimum Gasteiger partial charge on any atom is -0.494 e. The van der Waals surface area contributed by atoms with Crippen LogP contribution in [0.25, 0.3) is 0 Å². The second kappa shape index (κ2) is 12.9. The Balaban J connectivity index is 1.77. The highest BCUT2D eigenvalue weighted by atomic mass is 16.5. The molecule has 1 aromatic carbocycles. The summed E-state index contributed by atoms with van der Waals surface area (Å²) in [6, 6.07) is 10.0. The number of para-hydroxylation sites is 1. The monoisotopic (exact) mass is 278 g/mol. The van der Waals surface area contributed by atoms with E-state index in [0.717, 1.165) is 38.4 Å². The first-order chi connectivity index (χ1) is 9.93. The molecule has 0 heterocycles. The van der Waals surface area contributed by atoms with Crippen molar-refractivity contribution < 1.29 is 4.74 Å². The van der Waals surface area contributed by atoms with Crippen LogP contribution >= 0.6 is 0 Å². The highest BCUT2D eigenvalue weighted by Crippen LogP contribution is 2.09. The number of nitrogens with two attached hydrogens (primary N) is 1. The third kappa shape index (κ3) is 9.82. The summed E-state index contributed by atoms with van der Waals surface area (Å²) < 4.78 is 5.66. The molecule has 0 bridgehead atoms. The first kappa shape index (κ1) is 17.0. The van der Waals surface area contributed by atoms with Crippen LogP contribution in [0.5, 0.6) is 5.75 Å². The molecule has 0 aliphatic rings. The Hall–Kier alpha value is -1.06. The molecule has 3 heteroatoms. The van der Waals surface area contributed by atoms with Crippen LogP contribution in [0.1, 0.15) is 44.9 Å². The number of rotatable bonds is 13. The first-order valence-electron chi connectivity index (χ1n) is 8.02. The smallest absolute Gasteiger partial charge is 0.119 e. The molecule has 0 aliphatic carbocycles. The number of unbranched alkanes of at least 4 members (excludes halogenated alkanes) is 5. The summed E-state index contributed by atoms with van der Waals surface area (Å²) in [7, 11) is 0. The minimum atomic E-state index is 0.823. The molecule has 0 saturated heterocycles. The van der Waals surface area contributed by atoms with Crippen molar-refractivity contribution in [2.75, 3.05) is 26.2 Å². The zero-order valence-electron chi connectivity index (χ0n) is 12.7. The van der Waals surface area contributed by atoms with Crippen molar-refractivity contribution in [3.8, 4) is 5.75 Å². The number of nitrogens with one attached hydrogen (secondary N) is 1. The van der Waals surface area contributed by atoms with Gasteiger partial charge in [-0.2, -0.15) is 0 Å². The van der Waals surface area contributed by atoms with Crippen LogP contribution < -0.4 is 15.8 Å². The van der Waals surface area contributed by atoms with Gasteiger partial charge in [0.2, 0.25) is 0 Å². The van der Waals surface area contributed by atoms with E-state index in [9.17, 15) is 0 Å². The van der Waals surface area contributed by atoms with Crippen molar-refractivity contribution in [3.63, 3.8) is 0 Å². The average molecular weight is 278 g/mol. The Morgan fingerprint density at radius 2 is 1.45 bits per heavy atom. The lowest BCUT2D eigenvalue weighted by Gasteiger charge is -2.06. The molecular weight excluding hydrogens is 248 g/mol. The molecule has 3 nitrogen and oxygen atoms in total. The van der Waals surface area contributed by atoms with E-state index in [1.807, 2.05) is 30.3 Å². The van der Waals surface area contributed by atoms with Crippen LogP contribution in [-0.2, 0) is 0 Å². The van der Waals surface area contributed by atoms with Gasteiger partial charge in [-0.1, -0.05) is 31.0 Å². The molecule has 1 rings (SSSR count). The van der Waals surface area contributed by atoms with Gasteiger partial charge < -0.3 is 15.8 Å². The van der Waals surface area contributed by atoms with Gasteiger partial charge in [0.25, 0.3) is 0 Å². The fourth-order valence-electron chi connectivity index (χ4n) is 2.11. The predicted molar refractivity (Wildman–Crippen MR) is 86.2 cm³/mol. The molecule has 0 amide bonds. The van der Waals surface area contributed by atoms with Crippen LogP contribution in [0.15, 0.2) is 30.3 Å². The molecule has 0 aliphatic heterocycles.